The molecule has 0 aliphatic carbocycles. The molecule has 0 unspecified atom stereocenters. The number of hydrogen-bond acceptors (Lipinski definition) is 6. The van der Waals surface area contributed by atoms with E-state index in [1.807, 2.05) is 6.92 Å². The lowest BCUT2D eigenvalue weighted by Crippen LogP contribution is -2.31. The number of ether oxygens (including phenoxy) is 1. The van der Waals surface area contributed by atoms with Gasteiger partial charge in [0.05, 0.1) is 19.0 Å². The van der Waals surface area contributed by atoms with E-state index in [1.54, 1.807) is 18.0 Å². The van der Waals surface area contributed by atoms with Gasteiger partial charge in [-0.3, -0.25) is 9.78 Å². The predicted molar refractivity (Wildman–Crippen MR) is 61.0 cm³/mol. The molecule has 88 valence electrons. The van der Waals surface area contributed by atoms with Crippen molar-refractivity contribution in [3.63, 3.8) is 0 Å². The Balaban J connectivity index is 2.70. The van der Waals surface area contributed by atoms with E-state index < -0.39 is 0 Å². The van der Waals surface area contributed by atoms with Crippen molar-refractivity contribution in [1.82, 2.24) is 9.97 Å². The molecule has 1 rings (SSSR count). The van der Waals surface area contributed by atoms with Crippen molar-refractivity contribution in [3.8, 4) is 0 Å². The van der Waals surface area contributed by atoms with E-state index in [1.165, 1.54) is 6.20 Å². The van der Waals surface area contributed by atoms with E-state index >= 15 is 0 Å². The third kappa shape index (κ3) is 3.38. The Hall–Kier alpha value is -1.85. The molecule has 2 N–H and O–H groups in total. The van der Waals surface area contributed by atoms with Gasteiger partial charge in [-0.15, -0.1) is 0 Å². The molecule has 16 heavy (non-hydrogen) atoms. The molecule has 1 aromatic heterocycles. The van der Waals surface area contributed by atoms with Gasteiger partial charge < -0.3 is 15.4 Å². The number of nitrogens with two attached hydrogens (primary N) is 1. The Labute approximate surface area is 94.4 Å². The molecule has 6 heteroatoms. The van der Waals surface area contributed by atoms with Gasteiger partial charge in [0.2, 0.25) is 0 Å². The largest absolute Gasteiger partial charge is 0.465 e. The number of carbonyl (C=O) groups excluding carboxylic acids is 1. The van der Waals surface area contributed by atoms with Crippen LogP contribution in [0.25, 0.3) is 0 Å². The van der Waals surface area contributed by atoms with E-state index in [2.05, 4.69) is 9.97 Å². The summed E-state index contributed by atoms with van der Waals surface area (Å²) in [5, 5.41) is 0. The molecular formula is C10H16N4O2. The monoisotopic (exact) mass is 224 g/mol. The van der Waals surface area contributed by atoms with Gasteiger partial charge in [0.15, 0.2) is 0 Å². The van der Waals surface area contributed by atoms with E-state index in [9.17, 15) is 4.79 Å². The Morgan fingerprint density at radius 1 is 1.50 bits per heavy atom. The number of esters is 1. The summed E-state index contributed by atoms with van der Waals surface area (Å²) in [6.07, 6.45) is 3.03. The van der Waals surface area contributed by atoms with Crippen LogP contribution in [0, 0.1) is 0 Å². The molecule has 0 amide bonds. The number of hydrogen-bond donors (Lipinski definition) is 1. The van der Waals surface area contributed by atoms with Crippen molar-refractivity contribution in [2.75, 3.05) is 30.3 Å². The quantitative estimate of drug-likeness (QED) is 0.731. The van der Waals surface area contributed by atoms with Gasteiger partial charge in [0, 0.05) is 6.54 Å². The number of rotatable bonds is 5. The summed E-state index contributed by atoms with van der Waals surface area (Å²) in [6.45, 7) is 4.86. The van der Waals surface area contributed by atoms with Gasteiger partial charge in [-0.2, -0.15) is 0 Å². The van der Waals surface area contributed by atoms with Crippen LogP contribution in [0.1, 0.15) is 13.8 Å². The van der Waals surface area contributed by atoms with Crippen LogP contribution in [-0.2, 0) is 9.53 Å². The van der Waals surface area contributed by atoms with Crippen molar-refractivity contribution >= 4 is 17.6 Å². The Bertz CT molecular complexity index is 356. The van der Waals surface area contributed by atoms with Crippen LogP contribution in [0.5, 0.6) is 0 Å². The number of likely N-dealkylation sites (N-methyl/N-ethyl adjacent to an activating group) is 1. The fourth-order valence-electron chi connectivity index (χ4n) is 1.24. The molecule has 0 saturated carbocycles. The molecule has 0 aromatic carbocycles. The Morgan fingerprint density at radius 2 is 2.25 bits per heavy atom. The van der Waals surface area contributed by atoms with Gasteiger partial charge in [-0.25, -0.2) is 4.98 Å². The average Bonchev–Trinajstić information content (AvgIpc) is 2.26. The molecule has 1 heterocycles. The Morgan fingerprint density at radius 3 is 2.81 bits per heavy atom. The highest BCUT2D eigenvalue weighted by molar-refractivity contribution is 5.75. The second-order valence-electron chi connectivity index (χ2n) is 3.12. The summed E-state index contributed by atoms with van der Waals surface area (Å²) in [6, 6.07) is 0. The highest BCUT2D eigenvalue weighted by Crippen LogP contribution is 2.09. The van der Waals surface area contributed by atoms with Gasteiger partial charge >= 0.3 is 5.97 Å². The molecule has 1 aromatic rings. The maximum Gasteiger partial charge on any atom is 0.325 e. The van der Waals surface area contributed by atoms with Crippen LogP contribution in [-0.4, -0.2) is 35.6 Å². The molecule has 0 aliphatic heterocycles. The normalized spacial score (nSPS) is 9.88. The maximum absolute atomic E-state index is 11.3. The van der Waals surface area contributed by atoms with Gasteiger partial charge in [-0.1, -0.05) is 0 Å². The van der Waals surface area contributed by atoms with E-state index in [-0.39, 0.29) is 12.5 Å². The predicted octanol–water partition coefficient (Wildman–Crippen LogP) is 0.448. The summed E-state index contributed by atoms with van der Waals surface area (Å²) in [5.74, 6) is 0.629. The van der Waals surface area contributed by atoms with Crippen LogP contribution >= 0.6 is 0 Å². The zero-order chi connectivity index (χ0) is 12.0. The van der Waals surface area contributed by atoms with Crippen LogP contribution in [0.15, 0.2) is 12.4 Å². The minimum atomic E-state index is -0.284. The zero-order valence-electron chi connectivity index (χ0n) is 9.51. The third-order valence-corrected chi connectivity index (χ3v) is 1.97. The lowest BCUT2D eigenvalue weighted by atomic mass is 10.4. The van der Waals surface area contributed by atoms with Gasteiger partial charge in [-0.05, 0) is 13.8 Å². The summed E-state index contributed by atoms with van der Waals surface area (Å²) >= 11 is 0. The summed E-state index contributed by atoms with van der Waals surface area (Å²) in [5.41, 5.74) is 5.52. The van der Waals surface area contributed by atoms with E-state index in [4.69, 9.17) is 10.5 Å². The smallest absolute Gasteiger partial charge is 0.325 e. The van der Waals surface area contributed by atoms with E-state index in [0.717, 1.165) is 0 Å². The number of carbonyl (C=O) groups is 1. The molecule has 6 nitrogen and oxygen atoms in total. The maximum atomic E-state index is 11.3. The highest BCUT2D eigenvalue weighted by atomic mass is 16.5. The minimum absolute atomic E-state index is 0.155. The molecule has 0 spiro atoms. The lowest BCUT2D eigenvalue weighted by molar-refractivity contribution is -0.141. The van der Waals surface area contributed by atoms with Crippen LogP contribution in [0.4, 0.5) is 11.6 Å². The van der Waals surface area contributed by atoms with Gasteiger partial charge in [0.1, 0.15) is 18.2 Å². The molecule has 0 fully saturated rings. The number of anilines is 2. The fraction of sp³-hybridized carbons (Fsp3) is 0.500. The van der Waals surface area contributed by atoms with E-state index in [0.29, 0.717) is 24.8 Å². The second kappa shape index (κ2) is 5.89. The second-order valence-corrected chi connectivity index (χ2v) is 3.12. The molecule has 0 bridgehead atoms. The van der Waals surface area contributed by atoms with Crippen LogP contribution in [0.3, 0.4) is 0 Å². The zero-order valence-corrected chi connectivity index (χ0v) is 9.51. The molecule has 0 saturated heterocycles. The summed E-state index contributed by atoms with van der Waals surface area (Å²) in [4.78, 5) is 21.1. The Kier molecular flexibility index (Phi) is 4.50. The first-order valence-electron chi connectivity index (χ1n) is 5.15. The third-order valence-electron chi connectivity index (χ3n) is 1.97. The van der Waals surface area contributed by atoms with Gasteiger partial charge in [0.25, 0.3) is 0 Å². The first-order chi connectivity index (χ1) is 7.67. The van der Waals surface area contributed by atoms with Crippen molar-refractivity contribution in [3.05, 3.63) is 12.4 Å². The first kappa shape index (κ1) is 12.2. The highest BCUT2D eigenvalue weighted by Gasteiger charge is 2.12. The SMILES string of the molecule is CCOC(=O)CN(CC)c1cncc(N)n1. The van der Waals surface area contributed by atoms with Crippen molar-refractivity contribution in [2.24, 2.45) is 0 Å². The summed E-state index contributed by atoms with van der Waals surface area (Å²) < 4.78 is 4.87. The number of aromatic nitrogens is 2. The molecule has 0 aliphatic rings. The van der Waals surface area contributed by atoms with Crippen molar-refractivity contribution in [2.45, 2.75) is 13.8 Å². The van der Waals surface area contributed by atoms with Crippen LogP contribution < -0.4 is 10.6 Å². The van der Waals surface area contributed by atoms with Crippen molar-refractivity contribution in [1.29, 1.82) is 0 Å². The van der Waals surface area contributed by atoms with Crippen molar-refractivity contribution < 1.29 is 9.53 Å². The summed E-state index contributed by atoms with van der Waals surface area (Å²) in [7, 11) is 0. The lowest BCUT2D eigenvalue weighted by Gasteiger charge is -2.20. The number of nitrogens with zero attached hydrogens (tertiary/aromatic N) is 3. The molecular weight excluding hydrogens is 208 g/mol. The first-order valence-corrected chi connectivity index (χ1v) is 5.15. The average molecular weight is 224 g/mol. The van der Waals surface area contributed by atoms with Crippen LogP contribution in [0.2, 0.25) is 0 Å². The minimum Gasteiger partial charge on any atom is -0.465 e. The topological polar surface area (TPSA) is 81.3 Å². The fourth-order valence-corrected chi connectivity index (χ4v) is 1.24. The molecule has 0 atom stereocenters. The number of nitrogen functional groups attached to an aromatic ring is 1. The molecule has 0 radical (unpaired) electrons. The standard InChI is InChI=1S/C10H16N4O2/c1-3-14(7-10(15)16-4-2)9-6-12-5-8(11)13-9/h5-6H,3-4,7H2,1-2H3,(H2,11,13).